The minimum Gasteiger partial charge on any atom is -0.493 e. The lowest BCUT2D eigenvalue weighted by molar-refractivity contribution is -0.130. The van der Waals surface area contributed by atoms with E-state index >= 15 is 0 Å². The van der Waals surface area contributed by atoms with E-state index in [4.69, 9.17) is 9.47 Å². The van der Waals surface area contributed by atoms with Crippen LogP contribution in [0.25, 0.3) is 0 Å². The summed E-state index contributed by atoms with van der Waals surface area (Å²) in [5.41, 5.74) is 3.15. The van der Waals surface area contributed by atoms with Crippen LogP contribution in [0.1, 0.15) is 32.8 Å². The highest BCUT2D eigenvalue weighted by Gasteiger charge is 2.43. The molecule has 1 fully saturated rings. The quantitative estimate of drug-likeness (QED) is 0.397. The van der Waals surface area contributed by atoms with Crippen molar-refractivity contribution in [3.63, 3.8) is 0 Å². The Kier molecular flexibility index (Phi) is 6.61. The van der Waals surface area contributed by atoms with Gasteiger partial charge in [-0.1, -0.05) is 6.07 Å². The van der Waals surface area contributed by atoms with E-state index in [-0.39, 0.29) is 24.8 Å². The molecule has 1 aliphatic heterocycles. The molecule has 0 aliphatic carbocycles. The van der Waals surface area contributed by atoms with Crippen molar-refractivity contribution in [1.29, 1.82) is 0 Å². The molecule has 0 saturated carbocycles. The Bertz CT molecular complexity index is 804. The van der Waals surface area contributed by atoms with Crippen molar-refractivity contribution in [1.82, 2.24) is 15.6 Å². The third-order valence-electron chi connectivity index (χ3n) is 4.29. The van der Waals surface area contributed by atoms with E-state index in [1.807, 2.05) is 12.1 Å². The van der Waals surface area contributed by atoms with E-state index in [1.54, 1.807) is 41.1 Å². The van der Waals surface area contributed by atoms with Crippen LogP contribution in [-0.4, -0.2) is 54.8 Å². The fraction of sp³-hybridized carbons (Fsp3) is 0.474. The molecule has 152 valence electrons. The van der Waals surface area contributed by atoms with Gasteiger partial charge in [0.25, 0.3) is 5.91 Å². The molecule has 28 heavy (non-hydrogen) atoms. The molecule has 0 bridgehead atoms. The molecular formula is C19H26N4O5. The van der Waals surface area contributed by atoms with Crippen LogP contribution >= 0.6 is 0 Å². The highest BCUT2D eigenvalue weighted by atomic mass is 16.5. The molecule has 0 radical (unpaired) electrons. The Morgan fingerprint density at radius 3 is 2.46 bits per heavy atom. The maximum atomic E-state index is 12.1. The lowest BCUT2D eigenvalue weighted by Crippen LogP contribution is -2.40. The SMILES string of the molecule is COc1ccc(C/C(C)=N\NC(=O)CCN2C(=O)NC(C)(C)C2=O)cc1OC. The van der Waals surface area contributed by atoms with Gasteiger partial charge in [0.2, 0.25) is 5.91 Å². The topological polar surface area (TPSA) is 109 Å². The fourth-order valence-corrected chi connectivity index (χ4v) is 2.77. The molecule has 0 atom stereocenters. The highest BCUT2D eigenvalue weighted by molar-refractivity contribution is 6.06. The average molecular weight is 390 g/mol. The standard InChI is InChI=1S/C19H26N4O5/c1-12(10-13-6-7-14(27-4)15(11-13)28-5)21-22-16(24)8-9-23-17(25)19(2,3)20-18(23)26/h6-7,11H,8-10H2,1-5H3,(H,20,26)(H,22,24)/b21-12-. The summed E-state index contributed by atoms with van der Waals surface area (Å²) in [6.07, 6.45) is 0.490. The number of ether oxygens (including phenoxy) is 2. The first kappa shape index (κ1) is 21.2. The number of amides is 4. The van der Waals surface area contributed by atoms with Gasteiger partial charge in [-0.05, 0) is 38.5 Å². The Morgan fingerprint density at radius 2 is 1.89 bits per heavy atom. The van der Waals surface area contributed by atoms with Gasteiger partial charge in [0.15, 0.2) is 11.5 Å². The summed E-state index contributed by atoms with van der Waals surface area (Å²) in [6, 6.07) is 5.05. The first-order chi connectivity index (χ1) is 13.2. The summed E-state index contributed by atoms with van der Waals surface area (Å²) < 4.78 is 10.5. The van der Waals surface area contributed by atoms with Crippen LogP contribution in [0.4, 0.5) is 4.79 Å². The number of nitrogens with zero attached hydrogens (tertiary/aromatic N) is 2. The Labute approximate surface area is 164 Å². The van der Waals surface area contributed by atoms with Crippen LogP contribution in [0.5, 0.6) is 11.5 Å². The first-order valence-electron chi connectivity index (χ1n) is 8.85. The average Bonchev–Trinajstić information content (AvgIpc) is 2.85. The predicted octanol–water partition coefficient (Wildman–Crippen LogP) is 1.46. The van der Waals surface area contributed by atoms with Crippen LogP contribution in [0.2, 0.25) is 0 Å². The van der Waals surface area contributed by atoms with Gasteiger partial charge in [-0.2, -0.15) is 5.10 Å². The molecule has 9 nitrogen and oxygen atoms in total. The fourth-order valence-electron chi connectivity index (χ4n) is 2.77. The second-order valence-electron chi connectivity index (χ2n) is 7.01. The van der Waals surface area contributed by atoms with E-state index in [9.17, 15) is 14.4 Å². The van der Waals surface area contributed by atoms with Crippen molar-refractivity contribution in [3.8, 4) is 11.5 Å². The summed E-state index contributed by atoms with van der Waals surface area (Å²) in [5.74, 6) is 0.529. The minimum absolute atomic E-state index is 0.00414. The van der Waals surface area contributed by atoms with Gasteiger partial charge in [-0.3, -0.25) is 14.5 Å². The summed E-state index contributed by atoms with van der Waals surface area (Å²) in [7, 11) is 3.13. The van der Waals surface area contributed by atoms with E-state index in [2.05, 4.69) is 15.8 Å². The first-order valence-corrected chi connectivity index (χ1v) is 8.85. The van der Waals surface area contributed by atoms with Gasteiger partial charge in [-0.25, -0.2) is 10.2 Å². The zero-order valence-corrected chi connectivity index (χ0v) is 16.8. The molecule has 9 heteroatoms. The molecule has 1 aliphatic rings. The maximum Gasteiger partial charge on any atom is 0.325 e. The van der Waals surface area contributed by atoms with Crippen molar-refractivity contribution in [2.75, 3.05) is 20.8 Å². The van der Waals surface area contributed by atoms with Gasteiger partial charge >= 0.3 is 6.03 Å². The molecule has 0 spiro atoms. The third-order valence-corrected chi connectivity index (χ3v) is 4.29. The number of hydrazone groups is 1. The summed E-state index contributed by atoms with van der Waals surface area (Å²) in [5, 5.41) is 6.64. The lowest BCUT2D eigenvalue weighted by atomic mass is 10.1. The van der Waals surface area contributed by atoms with Crippen molar-refractivity contribution in [2.24, 2.45) is 5.10 Å². The third kappa shape index (κ3) is 4.99. The number of benzene rings is 1. The number of carbonyl (C=O) groups excluding carboxylic acids is 3. The van der Waals surface area contributed by atoms with Crippen molar-refractivity contribution in [3.05, 3.63) is 23.8 Å². The second kappa shape index (κ2) is 8.73. The Balaban J connectivity index is 1.87. The number of carbonyl (C=O) groups is 3. The van der Waals surface area contributed by atoms with Crippen LogP contribution in [0.15, 0.2) is 23.3 Å². The van der Waals surface area contributed by atoms with E-state index in [0.717, 1.165) is 10.5 Å². The second-order valence-corrected chi connectivity index (χ2v) is 7.01. The van der Waals surface area contributed by atoms with Crippen molar-refractivity contribution >= 4 is 23.6 Å². The maximum absolute atomic E-state index is 12.1. The number of hydrogen-bond acceptors (Lipinski definition) is 6. The smallest absolute Gasteiger partial charge is 0.325 e. The van der Waals surface area contributed by atoms with E-state index in [0.29, 0.717) is 23.6 Å². The zero-order valence-electron chi connectivity index (χ0n) is 16.8. The molecule has 0 aromatic heterocycles. The number of imide groups is 1. The van der Waals surface area contributed by atoms with Crippen molar-refractivity contribution < 1.29 is 23.9 Å². The van der Waals surface area contributed by atoms with Crippen LogP contribution in [0.3, 0.4) is 0 Å². The van der Waals surface area contributed by atoms with E-state index < -0.39 is 11.6 Å². The predicted molar refractivity (Wildman–Crippen MR) is 103 cm³/mol. The summed E-state index contributed by atoms with van der Waals surface area (Å²) in [6.45, 7) is 5.03. The Morgan fingerprint density at radius 1 is 1.21 bits per heavy atom. The summed E-state index contributed by atoms with van der Waals surface area (Å²) >= 11 is 0. The number of methoxy groups -OCH3 is 2. The molecule has 4 amide bonds. The van der Waals surface area contributed by atoms with Gasteiger partial charge in [0.05, 0.1) is 14.2 Å². The number of nitrogens with one attached hydrogen (secondary N) is 2. The largest absolute Gasteiger partial charge is 0.493 e. The number of urea groups is 1. The van der Waals surface area contributed by atoms with Gasteiger partial charge in [0.1, 0.15) is 5.54 Å². The molecule has 2 N–H and O–H groups in total. The molecular weight excluding hydrogens is 364 g/mol. The van der Waals surface area contributed by atoms with Crippen LogP contribution in [-0.2, 0) is 16.0 Å². The number of hydrogen-bond donors (Lipinski definition) is 2. The molecule has 1 heterocycles. The van der Waals surface area contributed by atoms with Crippen LogP contribution < -0.4 is 20.2 Å². The van der Waals surface area contributed by atoms with Gasteiger partial charge in [0, 0.05) is 25.1 Å². The molecule has 2 rings (SSSR count). The highest BCUT2D eigenvalue weighted by Crippen LogP contribution is 2.27. The molecule has 1 aromatic rings. The molecule has 0 unspecified atom stereocenters. The normalized spacial score (nSPS) is 16.0. The van der Waals surface area contributed by atoms with Crippen molar-refractivity contribution in [2.45, 2.75) is 39.2 Å². The molecule has 1 saturated heterocycles. The van der Waals surface area contributed by atoms with E-state index in [1.165, 1.54) is 0 Å². The zero-order chi connectivity index (χ0) is 20.9. The lowest BCUT2D eigenvalue weighted by Gasteiger charge is -2.15. The minimum atomic E-state index is -0.943. The Hall–Kier alpha value is -3.10. The molecule has 1 aromatic carbocycles. The monoisotopic (exact) mass is 390 g/mol. The van der Waals surface area contributed by atoms with Gasteiger partial charge < -0.3 is 14.8 Å². The van der Waals surface area contributed by atoms with Crippen LogP contribution in [0, 0.1) is 0 Å². The summed E-state index contributed by atoms with van der Waals surface area (Å²) in [4.78, 5) is 36.9. The number of rotatable bonds is 8. The van der Waals surface area contributed by atoms with Gasteiger partial charge in [-0.15, -0.1) is 0 Å².